The lowest BCUT2D eigenvalue weighted by Gasteiger charge is -2.05. The van der Waals surface area contributed by atoms with Gasteiger partial charge in [0.05, 0.1) is 5.69 Å². The number of fused-ring (bicyclic) bond motifs is 1. The number of carbonyl (C=O) groups is 1. The second-order valence-electron chi connectivity index (χ2n) is 5.27. The Morgan fingerprint density at radius 2 is 1.80 bits per heavy atom. The number of para-hydroxylation sites is 1. The molecule has 8 heteroatoms. The van der Waals surface area contributed by atoms with E-state index >= 15 is 0 Å². The molecule has 0 radical (unpaired) electrons. The molecule has 0 bridgehead atoms. The number of H-pyrrole nitrogens is 1. The largest absolute Gasteiger partial charge is 0.364 e. The van der Waals surface area contributed by atoms with Crippen LogP contribution >= 0.6 is 0 Å². The lowest BCUT2D eigenvalue weighted by atomic mass is 10.3. The summed E-state index contributed by atoms with van der Waals surface area (Å²) < 4.78 is 1.37. The number of nitrogens with one attached hydrogen (secondary N) is 1. The van der Waals surface area contributed by atoms with Gasteiger partial charge in [-0.3, -0.25) is 9.78 Å². The van der Waals surface area contributed by atoms with Crippen molar-refractivity contribution in [3.63, 3.8) is 0 Å². The second kappa shape index (κ2) is 5.68. The monoisotopic (exact) mass is 332 g/mol. The van der Waals surface area contributed by atoms with Gasteiger partial charge < -0.3 is 10.7 Å². The van der Waals surface area contributed by atoms with Crippen LogP contribution in [0.5, 0.6) is 0 Å². The fourth-order valence-corrected chi connectivity index (χ4v) is 2.59. The number of rotatable bonds is 3. The zero-order valence-electron chi connectivity index (χ0n) is 12.9. The molecular formula is C17H12N6O2. The number of aromatic nitrogens is 5. The molecule has 0 aliphatic rings. The number of aromatic amines is 1. The van der Waals surface area contributed by atoms with Crippen molar-refractivity contribution < 1.29 is 4.79 Å². The molecule has 0 atom stereocenters. The quantitative estimate of drug-likeness (QED) is 0.585. The van der Waals surface area contributed by atoms with Gasteiger partial charge >= 0.3 is 5.69 Å². The van der Waals surface area contributed by atoms with Crippen LogP contribution < -0.4 is 11.4 Å². The molecule has 3 aromatic heterocycles. The standard InChI is InChI=1S/C17H12N6O2/c18-14(24)12-13-16(22-15(20-12)11-8-4-5-9-19-11)23(17(25)21-13)10-6-2-1-3-7-10/h1-9H,(H2,18,24)(H,21,25). The van der Waals surface area contributed by atoms with Gasteiger partial charge in [0.15, 0.2) is 17.2 Å². The lowest BCUT2D eigenvalue weighted by Crippen LogP contribution is -2.15. The van der Waals surface area contributed by atoms with Crippen molar-refractivity contribution in [2.24, 2.45) is 5.73 Å². The van der Waals surface area contributed by atoms with Gasteiger partial charge in [0, 0.05) is 6.20 Å². The smallest absolute Gasteiger partial charge is 0.332 e. The molecule has 8 nitrogen and oxygen atoms in total. The van der Waals surface area contributed by atoms with Crippen LogP contribution in [0, 0.1) is 0 Å². The Labute approximate surface area is 141 Å². The molecule has 4 rings (SSSR count). The molecule has 4 aromatic rings. The minimum atomic E-state index is -0.758. The van der Waals surface area contributed by atoms with Gasteiger partial charge in [0.25, 0.3) is 5.91 Å². The number of benzene rings is 1. The van der Waals surface area contributed by atoms with Gasteiger partial charge in [-0.05, 0) is 24.3 Å². The van der Waals surface area contributed by atoms with Crippen molar-refractivity contribution in [3.05, 3.63) is 70.9 Å². The Morgan fingerprint density at radius 1 is 1.04 bits per heavy atom. The van der Waals surface area contributed by atoms with Gasteiger partial charge in [-0.2, -0.15) is 0 Å². The Hall–Kier alpha value is -3.81. The fourth-order valence-electron chi connectivity index (χ4n) is 2.59. The number of nitrogens with two attached hydrogens (primary N) is 1. The summed E-state index contributed by atoms with van der Waals surface area (Å²) in [6.07, 6.45) is 1.59. The van der Waals surface area contributed by atoms with Crippen molar-refractivity contribution in [3.8, 4) is 17.2 Å². The van der Waals surface area contributed by atoms with Gasteiger partial charge in [-0.1, -0.05) is 24.3 Å². The first-order valence-corrected chi connectivity index (χ1v) is 7.44. The topological polar surface area (TPSA) is 120 Å². The van der Waals surface area contributed by atoms with E-state index in [1.807, 2.05) is 6.07 Å². The number of nitrogens with zero attached hydrogens (tertiary/aromatic N) is 4. The summed E-state index contributed by atoms with van der Waals surface area (Å²) in [5.41, 5.74) is 6.50. The summed E-state index contributed by atoms with van der Waals surface area (Å²) in [6.45, 7) is 0. The van der Waals surface area contributed by atoms with Crippen LogP contribution in [0.4, 0.5) is 0 Å². The Morgan fingerprint density at radius 3 is 2.48 bits per heavy atom. The first-order chi connectivity index (χ1) is 12.1. The zero-order chi connectivity index (χ0) is 17.4. The molecule has 0 unspecified atom stereocenters. The molecule has 3 heterocycles. The van der Waals surface area contributed by atoms with E-state index in [9.17, 15) is 9.59 Å². The third kappa shape index (κ3) is 2.45. The summed E-state index contributed by atoms with van der Waals surface area (Å²) in [4.78, 5) is 39.7. The summed E-state index contributed by atoms with van der Waals surface area (Å²) in [5.74, 6) is -0.545. The number of pyridine rings is 1. The predicted molar refractivity (Wildman–Crippen MR) is 91.2 cm³/mol. The third-order valence-corrected chi connectivity index (χ3v) is 3.68. The van der Waals surface area contributed by atoms with Crippen molar-refractivity contribution in [1.29, 1.82) is 0 Å². The summed E-state index contributed by atoms with van der Waals surface area (Å²) in [7, 11) is 0. The normalized spacial score (nSPS) is 10.9. The van der Waals surface area contributed by atoms with E-state index in [1.54, 1.807) is 48.7 Å². The second-order valence-corrected chi connectivity index (χ2v) is 5.27. The number of hydrogen-bond acceptors (Lipinski definition) is 5. The van der Waals surface area contributed by atoms with Crippen molar-refractivity contribution in [1.82, 2.24) is 24.5 Å². The highest BCUT2D eigenvalue weighted by atomic mass is 16.2. The van der Waals surface area contributed by atoms with E-state index in [4.69, 9.17) is 5.73 Å². The first-order valence-electron chi connectivity index (χ1n) is 7.44. The average Bonchev–Trinajstić information content (AvgIpc) is 2.98. The van der Waals surface area contributed by atoms with Gasteiger partial charge in [-0.15, -0.1) is 0 Å². The number of carbonyl (C=O) groups excluding carboxylic acids is 1. The molecule has 1 aromatic carbocycles. The number of amides is 1. The highest BCUT2D eigenvalue weighted by Crippen LogP contribution is 2.20. The number of hydrogen-bond donors (Lipinski definition) is 2. The minimum absolute atomic E-state index is 0.0579. The summed E-state index contributed by atoms with van der Waals surface area (Å²) >= 11 is 0. The minimum Gasteiger partial charge on any atom is -0.364 e. The molecular weight excluding hydrogens is 320 g/mol. The van der Waals surface area contributed by atoms with Crippen LogP contribution in [0.1, 0.15) is 10.5 Å². The first kappa shape index (κ1) is 14.8. The van der Waals surface area contributed by atoms with Crippen molar-refractivity contribution in [2.45, 2.75) is 0 Å². The Balaban J connectivity index is 2.09. The third-order valence-electron chi connectivity index (χ3n) is 3.68. The molecule has 122 valence electrons. The molecule has 3 N–H and O–H groups in total. The zero-order valence-corrected chi connectivity index (χ0v) is 12.9. The summed E-state index contributed by atoms with van der Waals surface area (Å²) in [5, 5.41) is 0. The fraction of sp³-hybridized carbons (Fsp3) is 0. The van der Waals surface area contributed by atoms with E-state index in [2.05, 4.69) is 19.9 Å². The van der Waals surface area contributed by atoms with E-state index < -0.39 is 11.6 Å². The van der Waals surface area contributed by atoms with Gasteiger partial charge in [0.1, 0.15) is 11.2 Å². The van der Waals surface area contributed by atoms with Crippen molar-refractivity contribution in [2.75, 3.05) is 0 Å². The van der Waals surface area contributed by atoms with E-state index in [0.29, 0.717) is 11.4 Å². The summed E-state index contributed by atoms with van der Waals surface area (Å²) in [6, 6.07) is 14.2. The highest BCUT2D eigenvalue weighted by Gasteiger charge is 2.20. The van der Waals surface area contributed by atoms with E-state index in [-0.39, 0.29) is 22.7 Å². The van der Waals surface area contributed by atoms with Crippen LogP contribution in [0.2, 0.25) is 0 Å². The number of primary amides is 1. The predicted octanol–water partition coefficient (Wildman–Crippen LogP) is 1.27. The van der Waals surface area contributed by atoms with Crippen LogP contribution in [0.25, 0.3) is 28.4 Å². The molecule has 1 amide bonds. The van der Waals surface area contributed by atoms with Gasteiger partial charge in [0.2, 0.25) is 0 Å². The molecule has 0 spiro atoms. The van der Waals surface area contributed by atoms with E-state index in [0.717, 1.165) is 0 Å². The molecule has 0 aliphatic heterocycles. The maximum Gasteiger partial charge on any atom is 0.332 e. The van der Waals surface area contributed by atoms with E-state index in [1.165, 1.54) is 4.57 Å². The van der Waals surface area contributed by atoms with Crippen LogP contribution in [-0.4, -0.2) is 30.4 Å². The molecule has 0 aliphatic carbocycles. The van der Waals surface area contributed by atoms with Crippen molar-refractivity contribution >= 4 is 17.1 Å². The molecule has 0 saturated carbocycles. The molecule has 0 saturated heterocycles. The Bertz CT molecular complexity index is 1130. The SMILES string of the molecule is NC(=O)c1nc(-c2ccccn2)nc2c1[nH]c(=O)n2-c1ccccc1. The van der Waals surface area contributed by atoms with Crippen LogP contribution in [0.3, 0.4) is 0 Å². The molecule has 25 heavy (non-hydrogen) atoms. The Kier molecular flexibility index (Phi) is 3.35. The van der Waals surface area contributed by atoms with Crippen LogP contribution in [0.15, 0.2) is 59.5 Å². The van der Waals surface area contributed by atoms with Gasteiger partial charge in [-0.25, -0.2) is 19.3 Å². The molecule has 0 fully saturated rings. The lowest BCUT2D eigenvalue weighted by molar-refractivity contribution is 0.0997. The van der Waals surface area contributed by atoms with Crippen LogP contribution in [-0.2, 0) is 0 Å². The maximum absolute atomic E-state index is 12.4. The average molecular weight is 332 g/mol. The highest BCUT2D eigenvalue weighted by molar-refractivity contribution is 6.02. The maximum atomic E-state index is 12.4. The number of imidazole rings is 1.